The summed E-state index contributed by atoms with van der Waals surface area (Å²) in [5, 5.41) is 0.261. The molecule has 0 N–H and O–H groups in total. The lowest BCUT2D eigenvalue weighted by Crippen LogP contribution is -2.03. The zero-order valence-corrected chi connectivity index (χ0v) is 9.69. The summed E-state index contributed by atoms with van der Waals surface area (Å²) in [5.41, 5.74) is 0.260. The Morgan fingerprint density at radius 3 is 2.67 bits per heavy atom. The minimum atomic E-state index is -0.830. The van der Waals surface area contributed by atoms with Crippen molar-refractivity contribution in [3.05, 3.63) is 29.3 Å². The maximum atomic E-state index is 13.3. The minimum absolute atomic E-state index is 0.260. The molecule has 1 aliphatic rings. The average Bonchev–Trinajstić information content (AvgIpc) is 3.03. The second-order valence-electron chi connectivity index (χ2n) is 3.73. The molecule has 0 amide bonds. The first kappa shape index (κ1) is 10.9. The largest absolute Gasteiger partial charge is 0.493 e. The zero-order chi connectivity index (χ0) is 10.8. The standard InChI is InChI=1S/C11H11BrF2O/c12-5-8-10(15-6-7-1-2-7)4-3-9(13)11(8)14/h3-4,7H,1-2,5-6H2. The lowest BCUT2D eigenvalue weighted by molar-refractivity contribution is 0.294. The van der Waals surface area contributed by atoms with Gasteiger partial charge in [-0.2, -0.15) is 0 Å². The fourth-order valence-electron chi connectivity index (χ4n) is 1.33. The van der Waals surface area contributed by atoms with E-state index in [0.29, 0.717) is 18.3 Å². The van der Waals surface area contributed by atoms with Crippen molar-refractivity contribution in [2.75, 3.05) is 6.61 Å². The number of alkyl halides is 1. The molecule has 0 atom stereocenters. The molecule has 1 nitrogen and oxygen atoms in total. The average molecular weight is 277 g/mol. The summed E-state index contributed by atoms with van der Waals surface area (Å²) >= 11 is 3.13. The van der Waals surface area contributed by atoms with Gasteiger partial charge in [0.2, 0.25) is 0 Å². The van der Waals surface area contributed by atoms with Crippen LogP contribution < -0.4 is 4.74 Å². The SMILES string of the molecule is Fc1ccc(OCC2CC2)c(CBr)c1F. The molecule has 1 aliphatic carbocycles. The Bertz CT molecular complexity index is 364. The Morgan fingerprint density at radius 1 is 1.33 bits per heavy atom. The van der Waals surface area contributed by atoms with Gasteiger partial charge in [-0.05, 0) is 30.9 Å². The summed E-state index contributed by atoms with van der Waals surface area (Å²) in [6, 6.07) is 2.58. The van der Waals surface area contributed by atoms with E-state index in [1.165, 1.54) is 18.9 Å². The molecule has 4 heteroatoms. The van der Waals surface area contributed by atoms with E-state index in [1.54, 1.807) is 0 Å². The first-order valence-electron chi connectivity index (χ1n) is 4.88. The Balaban J connectivity index is 2.16. The maximum absolute atomic E-state index is 13.3. The van der Waals surface area contributed by atoms with E-state index in [2.05, 4.69) is 15.9 Å². The molecule has 0 unspecified atom stereocenters. The number of benzene rings is 1. The van der Waals surface area contributed by atoms with E-state index >= 15 is 0 Å². The molecule has 0 saturated heterocycles. The van der Waals surface area contributed by atoms with Crippen LogP contribution in [0.15, 0.2) is 12.1 Å². The van der Waals surface area contributed by atoms with Gasteiger partial charge in [-0.15, -0.1) is 0 Å². The number of hydrogen-bond acceptors (Lipinski definition) is 1. The van der Waals surface area contributed by atoms with Crippen LogP contribution in [0, 0.1) is 17.6 Å². The number of rotatable bonds is 4. The number of hydrogen-bond donors (Lipinski definition) is 0. The van der Waals surface area contributed by atoms with Crippen molar-refractivity contribution in [3.63, 3.8) is 0 Å². The highest BCUT2D eigenvalue weighted by Crippen LogP contribution is 2.32. The van der Waals surface area contributed by atoms with Crippen LogP contribution >= 0.6 is 15.9 Å². The third-order valence-electron chi connectivity index (χ3n) is 2.46. The van der Waals surface area contributed by atoms with Gasteiger partial charge in [0.15, 0.2) is 11.6 Å². The van der Waals surface area contributed by atoms with Crippen LogP contribution in [-0.2, 0) is 5.33 Å². The summed E-state index contributed by atoms with van der Waals surface area (Å²) in [6.45, 7) is 0.602. The smallest absolute Gasteiger partial charge is 0.166 e. The summed E-state index contributed by atoms with van der Waals surface area (Å²) in [6.07, 6.45) is 2.35. The van der Waals surface area contributed by atoms with Crippen molar-refractivity contribution < 1.29 is 13.5 Å². The third-order valence-corrected chi connectivity index (χ3v) is 3.02. The highest BCUT2D eigenvalue weighted by atomic mass is 79.9. The molecule has 0 bridgehead atoms. The van der Waals surface area contributed by atoms with Crippen LogP contribution in [-0.4, -0.2) is 6.61 Å². The van der Waals surface area contributed by atoms with Gasteiger partial charge in [0, 0.05) is 10.9 Å². The normalized spacial score (nSPS) is 15.4. The first-order valence-corrected chi connectivity index (χ1v) is 6.00. The molecular weight excluding hydrogens is 266 g/mol. The quantitative estimate of drug-likeness (QED) is 0.763. The second-order valence-corrected chi connectivity index (χ2v) is 4.29. The summed E-state index contributed by atoms with van der Waals surface area (Å²) in [4.78, 5) is 0. The van der Waals surface area contributed by atoms with Gasteiger partial charge in [-0.3, -0.25) is 0 Å². The second kappa shape index (κ2) is 4.47. The monoisotopic (exact) mass is 276 g/mol. The molecular formula is C11H11BrF2O. The van der Waals surface area contributed by atoms with Gasteiger partial charge in [-0.1, -0.05) is 15.9 Å². The molecule has 0 radical (unpaired) electrons. The van der Waals surface area contributed by atoms with Crippen molar-refractivity contribution in [1.82, 2.24) is 0 Å². The number of ether oxygens (including phenoxy) is 1. The molecule has 15 heavy (non-hydrogen) atoms. The Hall–Kier alpha value is -0.640. The van der Waals surface area contributed by atoms with Gasteiger partial charge < -0.3 is 4.74 Å². The summed E-state index contributed by atoms with van der Waals surface area (Å²) < 4.78 is 31.7. The summed E-state index contributed by atoms with van der Waals surface area (Å²) in [5.74, 6) is -0.609. The summed E-state index contributed by atoms with van der Waals surface area (Å²) in [7, 11) is 0. The van der Waals surface area contributed by atoms with Gasteiger partial charge in [0.05, 0.1) is 6.61 Å². The van der Waals surface area contributed by atoms with Gasteiger partial charge >= 0.3 is 0 Å². The van der Waals surface area contributed by atoms with E-state index in [4.69, 9.17) is 4.74 Å². The van der Waals surface area contributed by atoms with Crippen molar-refractivity contribution in [2.24, 2.45) is 5.92 Å². The molecule has 0 aliphatic heterocycles. The predicted octanol–water partition coefficient (Wildman–Crippen LogP) is 3.65. The Labute approximate surface area is 95.6 Å². The maximum Gasteiger partial charge on any atom is 0.166 e. The van der Waals surface area contributed by atoms with E-state index in [1.807, 2.05) is 0 Å². The van der Waals surface area contributed by atoms with Crippen LogP contribution in [0.3, 0.4) is 0 Å². The molecule has 0 spiro atoms. The van der Waals surface area contributed by atoms with Gasteiger partial charge in [-0.25, -0.2) is 8.78 Å². The molecule has 0 heterocycles. The van der Waals surface area contributed by atoms with Gasteiger partial charge in [0.1, 0.15) is 5.75 Å². The molecule has 0 aromatic heterocycles. The zero-order valence-electron chi connectivity index (χ0n) is 8.10. The fraction of sp³-hybridized carbons (Fsp3) is 0.455. The highest BCUT2D eigenvalue weighted by Gasteiger charge is 2.23. The van der Waals surface area contributed by atoms with Crippen molar-refractivity contribution >= 4 is 15.9 Å². The molecule has 82 valence electrons. The van der Waals surface area contributed by atoms with Crippen molar-refractivity contribution in [2.45, 2.75) is 18.2 Å². The molecule has 1 saturated carbocycles. The first-order chi connectivity index (χ1) is 7.22. The fourth-order valence-corrected chi connectivity index (χ4v) is 1.85. The lowest BCUT2D eigenvalue weighted by Gasteiger charge is -2.10. The molecule has 2 rings (SSSR count). The van der Waals surface area contributed by atoms with E-state index in [0.717, 1.165) is 6.07 Å². The van der Waals surface area contributed by atoms with E-state index < -0.39 is 11.6 Å². The van der Waals surface area contributed by atoms with Crippen LogP contribution in [0.5, 0.6) is 5.75 Å². The van der Waals surface area contributed by atoms with Crippen molar-refractivity contribution in [3.8, 4) is 5.75 Å². The third kappa shape index (κ3) is 2.48. The minimum Gasteiger partial charge on any atom is -0.493 e. The molecule has 1 aromatic rings. The molecule has 1 fully saturated rings. The Kier molecular flexibility index (Phi) is 3.24. The highest BCUT2D eigenvalue weighted by molar-refractivity contribution is 9.08. The topological polar surface area (TPSA) is 9.23 Å². The number of halogens is 3. The van der Waals surface area contributed by atoms with Crippen LogP contribution in [0.4, 0.5) is 8.78 Å². The van der Waals surface area contributed by atoms with E-state index in [9.17, 15) is 8.78 Å². The van der Waals surface area contributed by atoms with Crippen LogP contribution in [0.1, 0.15) is 18.4 Å². The van der Waals surface area contributed by atoms with Crippen LogP contribution in [0.2, 0.25) is 0 Å². The Morgan fingerprint density at radius 2 is 2.07 bits per heavy atom. The molecule has 1 aromatic carbocycles. The van der Waals surface area contributed by atoms with E-state index in [-0.39, 0.29) is 10.9 Å². The predicted molar refractivity (Wildman–Crippen MR) is 57.2 cm³/mol. The lowest BCUT2D eigenvalue weighted by atomic mass is 10.2. The van der Waals surface area contributed by atoms with Gasteiger partial charge in [0.25, 0.3) is 0 Å². The van der Waals surface area contributed by atoms with Crippen LogP contribution in [0.25, 0.3) is 0 Å². The van der Waals surface area contributed by atoms with Crippen molar-refractivity contribution in [1.29, 1.82) is 0 Å².